The number of carbonyl (C=O) groups excluding carboxylic acids is 1. The van der Waals surface area contributed by atoms with Crippen molar-refractivity contribution < 1.29 is 9.53 Å². The van der Waals surface area contributed by atoms with Gasteiger partial charge in [-0.25, -0.2) is 0 Å². The number of para-hydroxylation sites is 1. The number of hydrogen-bond donors (Lipinski definition) is 2. The van der Waals surface area contributed by atoms with Gasteiger partial charge in [-0.05, 0) is 37.9 Å². The molecule has 1 heterocycles. The quantitative estimate of drug-likeness (QED) is 0.269. The maximum Gasteiger partial charge on any atom is 0.220 e. The Labute approximate surface area is 205 Å². The number of guanidine groups is 1. The molecule has 7 nitrogen and oxygen atoms in total. The van der Waals surface area contributed by atoms with Crippen molar-refractivity contribution in [1.29, 1.82) is 0 Å². The Kier molecular flexibility index (Phi) is 13.6. The highest BCUT2D eigenvalue weighted by Gasteiger charge is 2.23. The average molecular weight is 546 g/mol. The monoisotopic (exact) mass is 545 g/mol. The van der Waals surface area contributed by atoms with E-state index in [1.165, 1.54) is 0 Å². The van der Waals surface area contributed by atoms with Gasteiger partial charge >= 0.3 is 0 Å². The number of halogens is 1. The first kappa shape index (κ1) is 27.5. The Hall–Kier alpha value is -1.55. The van der Waals surface area contributed by atoms with Gasteiger partial charge in [-0.15, -0.1) is 24.0 Å². The van der Waals surface area contributed by atoms with Crippen molar-refractivity contribution >= 4 is 35.8 Å². The fourth-order valence-corrected chi connectivity index (χ4v) is 3.83. The molecule has 1 aromatic carbocycles. The van der Waals surface area contributed by atoms with E-state index in [0.717, 1.165) is 62.8 Å². The third-order valence-corrected chi connectivity index (χ3v) is 5.85. The molecule has 0 aromatic heterocycles. The molecule has 0 atom stereocenters. The molecule has 0 spiro atoms. The lowest BCUT2D eigenvalue weighted by molar-refractivity contribution is -0.121. The average Bonchev–Trinajstić information content (AvgIpc) is 2.79. The van der Waals surface area contributed by atoms with Crippen molar-refractivity contribution in [2.24, 2.45) is 10.9 Å². The van der Waals surface area contributed by atoms with Crippen molar-refractivity contribution in [3.8, 4) is 5.75 Å². The smallest absolute Gasteiger partial charge is 0.220 e. The maximum absolute atomic E-state index is 11.6. The van der Waals surface area contributed by atoms with Crippen LogP contribution >= 0.6 is 24.0 Å². The lowest BCUT2D eigenvalue weighted by Crippen LogP contribution is -2.45. The SMILES string of the molecule is CCN(CC)CCOc1ccccc1CNC(=NC)N1CCC(CC(=O)NC)CC1.I. The normalized spacial score (nSPS) is 14.9. The van der Waals surface area contributed by atoms with E-state index in [9.17, 15) is 4.79 Å². The summed E-state index contributed by atoms with van der Waals surface area (Å²) in [6.07, 6.45) is 2.65. The number of likely N-dealkylation sites (tertiary alicyclic amines) is 1. The van der Waals surface area contributed by atoms with Crippen LogP contribution in [-0.4, -0.2) is 75.1 Å². The molecule has 0 unspecified atom stereocenters. The summed E-state index contributed by atoms with van der Waals surface area (Å²) < 4.78 is 6.07. The van der Waals surface area contributed by atoms with Crippen LogP contribution in [0.4, 0.5) is 0 Å². The molecule has 0 bridgehead atoms. The van der Waals surface area contributed by atoms with E-state index in [0.29, 0.717) is 25.5 Å². The zero-order chi connectivity index (χ0) is 21.8. The number of rotatable bonds is 10. The van der Waals surface area contributed by atoms with Gasteiger partial charge in [0.25, 0.3) is 0 Å². The zero-order valence-corrected chi connectivity index (χ0v) is 21.9. The maximum atomic E-state index is 11.6. The first-order valence-corrected chi connectivity index (χ1v) is 11.2. The molecule has 1 saturated heterocycles. The highest BCUT2D eigenvalue weighted by molar-refractivity contribution is 14.0. The summed E-state index contributed by atoms with van der Waals surface area (Å²) in [6, 6.07) is 8.19. The number of amides is 1. The number of likely N-dealkylation sites (N-methyl/N-ethyl adjacent to an activating group) is 1. The molecule has 31 heavy (non-hydrogen) atoms. The van der Waals surface area contributed by atoms with E-state index in [1.807, 2.05) is 25.2 Å². The molecule has 0 aliphatic carbocycles. The molecule has 8 heteroatoms. The number of ether oxygens (including phenoxy) is 1. The van der Waals surface area contributed by atoms with Gasteiger partial charge in [0.15, 0.2) is 5.96 Å². The van der Waals surface area contributed by atoms with E-state index in [2.05, 4.69) is 45.3 Å². The van der Waals surface area contributed by atoms with Gasteiger partial charge in [0.05, 0.1) is 0 Å². The van der Waals surface area contributed by atoms with Crippen LogP contribution < -0.4 is 15.4 Å². The lowest BCUT2D eigenvalue weighted by Gasteiger charge is -2.34. The first-order chi connectivity index (χ1) is 14.6. The first-order valence-electron chi connectivity index (χ1n) is 11.2. The summed E-state index contributed by atoms with van der Waals surface area (Å²) >= 11 is 0. The molecule has 0 saturated carbocycles. The summed E-state index contributed by atoms with van der Waals surface area (Å²) in [6.45, 7) is 10.6. The van der Waals surface area contributed by atoms with Gasteiger partial charge in [0.1, 0.15) is 12.4 Å². The molecule has 176 valence electrons. The summed E-state index contributed by atoms with van der Waals surface area (Å²) in [4.78, 5) is 20.7. The van der Waals surface area contributed by atoms with Crippen LogP contribution in [0.3, 0.4) is 0 Å². The highest BCUT2D eigenvalue weighted by atomic mass is 127. The molecular weight excluding hydrogens is 505 g/mol. The van der Waals surface area contributed by atoms with E-state index in [1.54, 1.807) is 7.05 Å². The van der Waals surface area contributed by atoms with Crippen molar-refractivity contribution in [2.75, 3.05) is 53.4 Å². The van der Waals surface area contributed by atoms with Crippen LogP contribution in [0, 0.1) is 5.92 Å². The second kappa shape index (κ2) is 15.3. The summed E-state index contributed by atoms with van der Waals surface area (Å²) in [5.41, 5.74) is 1.13. The number of carbonyl (C=O) groups is 1. The number of hydrogen-bond acceptors (Lipinski definition) is 4. The molecule has 2 rings (SSSR count). The molecule has 1 aromatic rings. The molecular formula is C23H40IN5O2. The number of nitrogens with zero attached hydrogens (tertiary/aromatic N) is 3. The minimum atomic E-state index is 0. The van der Waals surface area contributed by atoms with Crippen LogP contribution in [0.2, 0.25) is 0 Å². The number of nitrogens with one attached hydrogen (secondary N) is 2. The largest absolute Gasteiger partial charge is 0.492 e. The fourth-order valence-electron chi connectivity index (χ4n) is 3.83. The topological polar surface area (TPSA) is 69.2 Å². The van der Waals surface area contributed by atoms with Crippen LogP contribution in [0.1, 0.15) is 38.7 Å². The van der Waals surface area contributed by atoms with Gasteiger partial charge in [0, 0.05) is 52.3 Å². The van der Waals surface area contributed by atoms with Gasteiger partial charge < -0.3 is 25.2 Å². The third-order valence-electron chi connectivity index (χ3n) is 5.85. The van der Waals surface area contributed by atoms with E-state index in [4.69, 9.17) is 4.74 Å². The van der Waals surface area contributed by atoms with Crippen LogP contribution in [-0.2, 0) is 11.3 Å². The Balaban J connectivity index is 0.00000480. The van der Waals surface area contributed by atoms with E-state index >= 15 is 0 Å². The number of piperidine rings is 1. The second-order valence-electron chi connectivity index (χ2n) is 7.69. The molecule has 0 radical (unpaired) electrons. The van der Waals surface area contributed by atoms with E-state index < -0.39 is 0 Å². The Morgan fingerprint density at radius 3 is 2.52 bits per heavy atom. The Morgan fingerprint density at radius 1 is 1.23 bits per heavy atom. The van der Waals surface area contributed by atoms with Gasteiger partial charge in [-0.3, -0.25) is 9.79 Å². The lowest BCUT2D eigenvalue weighted by atomic mass is 9.93. The van der Waals surface area contributed by atoms with Crippen molar-refractivity contribution in [3.05, 3.63) is 29.8 Å². The standard InChI is InChI=1S/C23H39N5O2.HI/c1-5-27(6-2)15-16-30-21-10-8-7-9-20(21)18-26-23(25-4)28-13-11-19(12-14-28)17-22(29)24-3;/h7-10,19H,5-6,11-18H2,1-4H3,(H,24,29)(H,25,26);1H. The third kappa shape index (κ3) is 9.22. The van der Waals surface area contributed by atoms with E-state index in [-0.39, 0.29) is 29.9 Å². The predicted octanol–water partition coefficient (Wildman–Crippen LogP) is 2.95. The Morgan fingerprint density at radius 2 is 1.90 bits per heavy atom. The molecule has 1 aliphatic heterocycles. The highest BCUT2D eigenvalue weighted by Crippen LogP contribution is 2.21. The number of aliphatic imine (C=N–C) groups is 1. The van der Waals surface area contributed by atoms with Crippen molar-refractivity contribution in [3.63, 3.8) is 0 Å². The minimum Gasteiger partial charge on any atom is -0.492 e. The van der Waals surface area contributed by atoms with Crippen molar-refractivity contribution in [2.45, 2.75) is 39.7 Å². The van der Waals surface area contributed by atoms with Crippen molar-refractivity contribution in [1.82, 2.24) is 20.4 Å². The fraction of sp³-hybridized carbons (Fsp3) is 0.652. The number of benzene rings is 1. The zero-order valence-electron chi connectivity index (χ0n) is 19.5. The molecule has 1 amide bonds. The molecule has 1 fully saturated rings. The summed E-state index contributed by atoms with van der Waals surface area (Å²) in [5, 5.41) is 6.22. The van der Waals surface area contributed by atoms with Gasteiger partial charge in [-0.1, -0.05) is 32.0 Å². The van der Waals surface area contributed by atoms with Crippen LogP contribution in [0.5, 0.6) is 5.75 Å². The van der Waals surface area contributed by atoms with Crippen LogP contribution in [0.15, 0.2) is 29.3 Å². The Bertz CT molecular complexity index is 674. The van der Waals surface area contributed by atoms with Gasteiger partial charge in [-0.2, -0.15) is 0 Å². The second-order valence-corrected chi connectivity index (χ2v) is 7.69. The minimum absolute atomic E-state index is 0. The summed E-state index contributed by atoms with van der Waals surface area (Å²) in [7, 11) is 3.53. The van der Waals surface area contributed by atoms with Gasteiger partial charge in [0.2, 0.25) is 5.91 Å². The molecule has 2 N–H and O–H groups in total. The predicted molar refractivity (Wildman–Crippen MR) is 138 cm³/mol. The van der Waals surface area contributed by atoms with Crippen LogP contribution in [0.25, 0.3) is 0 Å². The molecule has 1 aliphatic rings. The summed E-state index contributed by atoms with van der Waals surface area (Å²) in [5.74, 6) is 2.43.